The van der Waals surface area contributed by atoms with Gasteiger partial charge in [0.05, 0.1) is 0 Å². The third-order valence-corrected chi connectivity index (χ3v) is 1.75. The lowest BCUT2D eigenvalue weighted by Gasteiger charge is -1.98. The number of aryl methyl sites for hydroxylation is 1. The van der Waals surface area contributed by atoms with Gasteiger partial charge in [-0.25, -0.2) is 0 Å². The van der Waals surface area contributed by atoms with Crippen LogP contribution in [0.15, 0.2) is 23.1 Å². The molecule has 0 aliphatic rings. The molecule has 1 aromatic rings. The first-order chi connectivity index (χ1) is 4.74. The summed E-state index contributed by atoms with van der Waals surface area (Å²) in [6, 6.07) is 5.04. The molecule has 0 radical (unpaired) electrons. The maximum absolute atomic E-state index is 9.11. The number of hydrogen-bond donors (Lipinski definition) is 2. The lowest BCUT2D eigenvalue weighted by atomic mass is 10.2. The maximum Gasteiger partial charge on any atom is 0.119 e. The maximum atomic E-state index is 9.11. The fourth-order valence-electron chi connectivity index (χ4n) is 0.646. The van der Waals surface area contributed by atoms with Gasteiger partial charge in [-0.3, -0.25) is 0 Å². The van der Waals surface area contributed by atoms with Crippen molar-refractivity contribution in [2.24, 2.45) is 0 Å². The highest BCUT2D eigenvalue weighted by atomic mass is 32.2. The van der Waals surface area contributed by atoms with Gasteiger partial charge in [0.15, 0.2) is 0 Å². The summed E-state index contributed by atoms with van der Waals surface area (Å²) in [7, 11) is 0. The van der Waals surface area contributed by atoms with Crippen molar-refractivity contribution in [1.82, 2.24) is 0 Å². The Morgan fingerprint density at radius 2 is 2.10 bits per heavy atom. The molecule has 0 aliphatic carbocycles. The third-order valence-electron chi connectivity index (χ3n) is 1.29. The van der Waals surface area contributed by atoms with Crippen LogP contribution in [-0.2, 0) is 0 Å². The quantitative estimate of drug-likeness (QED) is 0.613. The first kappa shape index (κ1) is 7.44. The molecule has 0 unspecified atom stereocenters. The van der Waals surface area contributed by atoms with E-state index in [0.717, 1.165) is 5.56 Å². The van der Waals surface area contributed by atoms with Gasteiger partial charge in [0.2, 0.25) is 0 Å². The first-order valence-corrected chi connectivity index (χ1v) is 3.62. The van der Waals surface area contributed by atoms with E-state index in [1.807, 2.05) is 0 Å². The van der Waals surface area contributed by atoms with Gasteiger partial charge in [-0.15, -0.1) is 0 Å². The van der Waals surface area contributed by atoms with Crippen molar-refractivity contribution in [2.45, 2.75) is 11.8 Å². The molecule has 0 amide bonds. The fraction of sp³-hybridized carbons (Fsp3) is 0.143. The number of phenols is 1. The first-order valence-electron chi connectivity index (χ1n) is 2.85. The number of aromatic hydroxyl groups is 1. The molecule has 0 aromatic heterocycles. The van der Waals surface area contributed by atoms with Gasteiger partial charge in [-0.2, -0.15) is 0 Å². The molecule has 2 N–H and O–H groups in total. The number of rotatable bonds is 1. The molecule has 10 heavy (non-hydrogen) atoms. The molecule has 3 heteroatoms. The average Bonchev–Trinajstić information content (AvgIpc) is 1.95. The van der Waals surface area contributed by atoms with Crippen LogP contribution < -0.4 is 0 Å². The second-order valence-corrected chi connectivity index (χ2v) is 2.69. The van der Waals surface area contributed by atoms with E-state index < -0.39 is 0 Å². The van der Waals surface area contributed by atoms with Crippen molar-refractivity contribution < 1.29 is 9.66 Å². The van der Waals surface area contributed by atoms with Crippen molar-refractivity contribution in [2.75, 3.05) is 0 Å². The Balaban J connectivity index is 3.04. The Morgan fingerprint density at radius 3 is 2.60 bits per heavy atom. The summed E-state index contributed by atoms with van der Waals surface area (Å²) in [5.74, 6) is 0.221. The van der Waals surface area contributed by atoms with Crippen LogP contribution in [0, 0.1) is 6.92 Å². The van der Waals surface area contributed by atoms with Gasteiger partial charge in [0, 0.05) is 16.9 Å². The Bertz CT molecular complexity index is 235. The zero-order chi connectivity index (χ0) is 7.56. The molecule has 0 aliphatic heterocycles. The molecule has 1 rings (SSSR count). The molecule has 54 valence electrons. The largest absolute Gasteiger partial charge is 0.508 e. The number of phenolic OH excluding ortho intramolecular Hbond substituents is 1. The van der Waals surface area contributed by atoms with Crippen molar-refractivity contribution >= 4 is 12.0 Å². The molecule has 0 fully saturated rings. The average molecular weight is 156 g/mol. The molecule has 0 spiro atoms. The van der Waals surface area contributed by atoms with Crippen LogP contribution in [0.25, 0.3) is 0 Å². The molecule has 0 saturated heterocycles. The molecule has 0 atom stereocenters. The van der Waals surface area contributed by atoms with Gasteiger partial charge in [0.25, 0.3) is 0 Å². The van der Waals surface area contributed by atoms with E-state index in [4.69, 9.17) is 9.66 Å². The van der Waals surface area contributed by atoms with Crippen LogP contribution in [-0.4, -0.2) is 9.66 Å². The summed E-state index contributed by atoms with van der Waals surface area (Å²) in [5.41, 5.74) is 0.817. The van der Waals surface area contributed by atoms with Gasteiger partial charge >= 0.3 is 0 Å². The van der Waals surface area contributed by atoms with E-state index in [0.29, 0.717) is 16.9 Å². The Labute approximate surface area is 63.7 Å². The molecule has 0 saturated carbocycles. The minimum atomic E-state index is 0.221. The van der Waals surface area contributed by atoms with E-state index in [1.54, 1.807) is 19.1 Å². The summed E-state index contributed by atoms with van der Waals surface area (Å²) >= 11 is 0.632. The van der Waals surface area contributed by atoms with Crippen LogP contribution >= 0.6 is 12.0 Å². The zero-order valence-corrected chi connectivity index (χ0v) is 6.35. The SMILES string of the molecule is Cc1ccc(SO)cc1O. The van der Waals surface area contributed by atoms with Crippen LogP contribution in [0.1, 0.15) is 5.56 Å². The van der Waals surface area contributed by atoms with Crippen LogP contribution in [0.5, 0.6) is 5.75 Å². The summed E-state index contributed by atoms with van der Waals surface area (Å²) in [6.45, 7) is 1.81. The predicted molar refractivity (Wildman–Crippen MR) is 41.3 cm³/mol. The zero-order valence-electron chi connectivity index (χ0n) is 5.53. The highest BCUT2D eigenvalue weighted by molar-refractivity contribution is 7.93. The van der Waals surface area contributed by atoms with Crippen molar-refractivity contribution in [3.05, 3.63) is 23.8 Å². The van der Waals surface area contributed by atoms with E-state index in [2.05, 4.69) is 0 Å². The van der Waals surface area contributed by atoms with Crippen LogP contribution in [0.2, 0.25) is 0 Å². The van der Waals surface area contributed by atoms with Crippen molar-refractivity contribution in [3.8, 4) is 5.75 Å². The Morgan fingerprint density at radius 1 is 1.40 bits per heavy atom. The second kappa shape index (κ2) is 2.94. The summed E-state index contributed by atoms with van der Waals surface area (Å²) in [4.78, 5) is 0.656. The van der Waals surface area contributed by atoms with Crippen molar-refractivity contribution in [3.63, 3.8) is 0 Å². The summed E-state index contributed by atoms with van der Waals surface area (Å²) in [5, 5.41) is 9.11. The minimum absolute atomic E-state index is 0.221. The fourth-order valence-corrected chi connectivity index (χ4v) is 0.939. The van der Waals surface area contributed by atoms with E-state index in [9.17, 15) is 0 Å². The number of benzene rings is 1. The lowest BCUT2D eigenvalue weighted by molar-refractivity contribution is 0.469. The van der Waals surface area contributed by atoms with Gasteiger partial charge in [0.1, 0.15) is 5.75 Å². The lowest BCUT2D eigenvalue weighted by Crippen LogP contribution is -1.74. The van der Waals surface area contributed by atoms with Crippen molar-refractivity contribution in [1.29, 1.82) is 0 Å². The Hall–Kier alpha value is -0.670. The Kier molecular flexibility index (Phi) is 2.19. The number of hydrogen-bond acceptors (Lipinski definition) is 3. The molecular formula is C7H8O2S. The highest BCUT2D eigenvalue weighted by Crippen LogP contribution is 2.22. The smallest absolute Gasteiger partial charge is 0.119 e. The molecule has 0 heterocycles. The van der Waals surface area contributed by atoms with Gasteiger partial charge in [-0.1, -0.05) is 6.07 Å². The monoisotopic (exact) mass is 156 g/mol. The van der Waals surface area contributed by atoms with E-state index >= 15 is 0 Å². The standard InChI is InChI=1S/C7H8O2S/c1-5-2-3-6(10-9)4-7(5)8/h2-4,8-9H,1H3. The summed E-state index contributed by atoms with van der Waals surface area (Å²) < 4.78 is 8.56. The highest BCUT2D eigenvalue weighted by Gasteiger charge is 1.96. The predicted octanol–water partition coefficient (Wildman–Crippen LogP) is 2.27. The molecule has 1 aromatic carbocycles. The molecular weight excluding hydrogens is 148 g/mol. The molecule has 0 bridgehead atoms. The normalized spacial score (nSPS) is 9.80. The van der Waals surface area contributed by atoms with Crippen LogP contribution in [0.4, 0.5) is 0 Å². The van der Waals surface area contributed by atoms with Crippen LogP contribution in [0.3, 0.4) is 0 Å². The third kappa shape index (κ3) is 1.43. The second-order valence-electron chi connectivity index (χ2n) is 2.04. The van der Waals surface area contributed by atoms with Gasteiger partial charge < -0.3 is 9.66 Å². The minimum Gasteiger partial charge on any atom is -0.508 e. The van der Waals surface area contributed by atoms with E-state index in [-0.39, 0.29) is 5.75 Å². The van der Waals surface area contributed by atoms with E-state index in [1.165, 1.54) is 6.07 Å². The topological polar surface area (TPSA) is 40.5 Å². The van der Waals surface area contributed by atoms with Gasteiger partial charge in [-0.05, 0) is 24.6 Å². The summed E-state index contributed by atoms with van der Waals surface area (Å²) in [6.07, 6.45) is 0. The molecule has 2 nitrogen and oxygen atoms in total.